The van der Waals surface area contributed by atoms with E-state index in [0.29, 0.717) is 5.69 Å². The lowest BCUT2D eigenvalue weighted by molar-refractivity contribution is 0.0573. The van der Waals surface area contributed by atoms with E-state index in [1.54, 1.807) is 6.07 Å². The van der Waals surface area contributed by atoms with Gasteiger partial charge in [-0.3, -0.25) is 4.79 Å². The highest BCUT2D eigenvalue weighted by Crippen LogP contribution is 2.20. The van der Waals surface area contributed by atoms with Crippen LogP contribution in [0.3, 0.4) is 0 Å². The molecule has 1 aromatic rings. The van der Waals surface area contributed by atoms with Gasteiger partial charge in [-0.2, -0.15) is 0 Å². The largest absolute Gasteiger partial charge is 0.364 e. The quantitative estimate of drug-likeness (QED) is 0.872. The Morgan fingerprint density at radius 2 is 2.41 bits per heavy atom. The number of amides is 1. The van der Waals surface area contributed by atoms with Crippen LogP contribution in [0.25, 0.3) is 0 Å². The molecule has 1 amide bonds. The third-order valence-electron chi connectivity index (χ3n) is 3.07. The Kier molecular flexibility index (Phi) is 4.96. The summed E-state index contributed by atoms with van der Waals surface area (Å²) >= 11 is 0. The number of halogens is 1. The van der Waals surface area contributed by atoms with Crippen LogP contribution in [0.2, 0.25) is 0 Å². The van der Waals surface area contributed by atoms with Crippen LogP contribution in [0.15, 0.2) is 16.9 Å². The normalized spacial score (nSPS) is 21.8. The van der Waals surface area contributed by atoms with E-state index in [4.69, 9.17) is 10.3 Å². The molecule has 2 atom stereocenters. The third kappa shape index (κ3) is 2.98. The van der Waals surface area contributed by atoms with Gasteiger partial charge < -0.3 is 15.2 Å². The smallest absolute Gasteiger partial charge is 0.276 e. The zero-order chi connectivity index (χ0) is 11.5. The monoisotopic (exact) mass is 259 g/mol. The lowest BCUT2D eigenvalue weighted by Crippen LogP contribution is -2.51. The van der Waals surface area contributed by atoms with E-state index in [2.05, 4.69) is 5.16 Å². The summed E-state index contributed by atoms with van der Waals surface area (Å²) in [4.78, 5) is 13.9. The van der Waals surface area contributed by atoms with Crippen molar-refractivity contribution < 1.29 is 9.32 Å². The van der Waals surface area contributed by atoms with E-state index in [1.165, 1.54) is 6.26 Å². The highest BCUT2D eigenvalue weighted by atomic mass is 35.5. The number of nitrogens with zero attached hydrogens (tertiary/aromatic N) is 2. The van der Waals surface area contributed by atoms with Gasteiger partial charge in [-0.05, 0) is 26.2 Å². The van der Waals surface area contributed by atoms with Crippen LogP contribution < -0.4 is 5.73 Å². The van der Waals surface area contributed by atoms with Crippen LogP contribution in [-0.2, 0) is 0 Å². The summed E-state index contributed by atoms with van der Waals surface area (Å²) < 4.78 is 4.69. The molecule has 6 heteroatoms. The molecule has 1 saturated heterocycles. The van der Waals surface area contributed by atoms with Gasteiger partial charge in [0.25, 0.3) is 5.91 Å². The Morgan fingerprint density at radius 1 is 1.65 bits per heavy atom. The average molecular weight is 260 g/mol. The second-order valence-electron chi connectivity index (χ2n) is 4.31. The molecule has 0 radical (unpaired) electrons. The van der Waals surface area contributed by atoms with Gasteiger partial charge >= 0.3 is 0 Å². The van der Waals surface area contributed by atoms with Crippen molar-refractivity contribution >= 4 is 18.3 Å². The van der Waals surface area contributed by atoms with E-state index in [0.717, 1.165) is 25.8 Å². The maximum absolute atomic E-state index is 12.1. The number of likely N-dealkylation sites (tertiary alicyclic amines) is 1. The minimum Gasteiger partial charge on any atom is -0.364 e. The van der Waals surface area contributed by atoms with Crippen molar-refractivity contribution in [3.05, 3.63) is 18.0 Å². The van der Waals surface area contributed by atoms with E-state index in [1.807, 2.05) is 11.8 Å². The molecule has 1 aliphatic rings. The van der Waals surface area contributed by atoms with Crippen LogP contribution in [-0.4, -0.2) is 34.6 Å². The zero-order valence-electron chi connectivity index (χ0n) is 9.83. The molecular weight excluding hydrogens is 242 g/mol. The van der Waals surface area contributed by atoms with Gasteiger partial charge in [0.05, 0.1) is 0 Å². The predicted octanol–water partition coefficient (Wildman–Crippen LogP) is 1.44. The van der Waals surface area contributed by atoms with Crippen molar-refractivity contribution in [2.24, 2.45) is 5.73 Å². The molecule has 2 N–H and O–H groups in total. The molecule has 0 aromatic carbocycles. The topological polar surface area (TPSA) is 72.4 Å². The number of nitrogens with two attached hydrogens (primary N) is 1. The minimum absolute atomic E-state index is 0. The molecule has 1 aromatic heterocycles. The number of aromatic nitrogens is 1. The highest BCUT2D eigenvalue weighted by molar-refractivity contribution is 5.92. The maximum Gasteiger partial charge on any atom is 0.276 e. The van der Waals surface area contributed by atoms with Crippen molar-refractivity contribution in [1.82, 2.24) is 10.1 Å². The van der Waals surface area contributed by atoms with Crippen LogP contribution in [0, 0.1) is 0 Å². The molecule has 1 aliphatic heterocycles. The molecule has 1 fully saturated rings. The molecule has 0 bridgehead atoms. The molecule has 2 unspecified atom stereocenters. The summed E-state index contributed by atoms with van der Waals surface area (Å²) in [6.07, 6.45) is 4.56. The van der Waals surface area contributed by atoms with Crippen LogP contribution in [0.4, 0.5) is 0 Å². The zero-order valence-corrected chi connectivity index (χ0v) is 10.7. The first-order chi connectivity index (χ1) is 7.70. The summed E-state index contributed by atoms with van der Waals surface area (Å²) in [5.41, 5.74) is 6.28. The van der Waals surface area contributed by atoms with Gasteiger partial charge in [-0.1, -0.05) is 5.16 Å². The van der Waals surface area contributed by atoms with Gasteiger partial charge in [0, 0.05) is 24.7 Å². The van der Waals surface area contributed by atoms with E-state index < -0.39 is 0 Å². The summed E-state index contributed by atoms with van der Waals surface area (Å²) in [5, 5.41) is 3.68. The summed E-state index contributed by atoms with van der Waals surface area (Å²) in [6, 6.07) is 1.71. The highest BCUT2D eigenvalue weighted by Gasteiger charge is 2.30. The molecule has 2 heterocycles. The average Bonchev–Trinajstić information content (AvgIpc) is 2.81. The second kappa shape index (κ2) is 6.02. The van der Waals surface area contributed by atoms with Crippen LogP contribution >= 0.6 is 12.4 Å². The van der Waals surface area contributed by atoms with E-state index in [9.17, 15) is 4.79 Å². The standard InChI is InChI=1S/C11H17N3O2.ClH/c1-8(12)10-4-2-3-6-14(10)11(15)9-5-7-16-13-9;/h5,7-8,10H,2-4,6,12H2,1H3;1H. The molecule has 96 valence electrons. The first kappa shape index (κ1) is 14.0. The van der Waals surface area contributed by atoms with Gasteiger partial charge in [0.1, 0.15) is 6.26 Å². The molecule has 0 spiro atoms. The second-order valence-corrected chi connectivity index (χ2v) is 4.31. The minimum atomic E-state index is -0.0734. The van der Waals surface area contributed by atoms with Gasteiger partial charge in [-0.25, -0.2) is 0 Å². The van der Waals surface area contributed by atoms with Crippen molar-refractivity contribution in [2.75, 3.05) is 6.54 Å². The SMILES string of the molecule is CC(N)C1CCCCN1C(=O)c1ccon1.Cl. The lowest BCUT2D eigenvalue weighted by atomic mass is 9.96. The number of carbonyl (C=O) groups excluding carboxylic acids is 1. The van der Waals surface area contributed by atoms with Crippen molar-refractivity contribution in [3.8, 4) is 0 Å². The van der Waals surface area contributed by atoms with Gasteiger partial charge in [0.15, 0.2) is 5.69 Å². The number of hydrogen-bond donors (Lipinski definition) is 1. The van der Waals surface area contributed by atoms with E-state index in [-0.39, 0.29) is 30.4 Å². The Hall–Kier alpha value is -1.07. The van der Waals surface area contributed by atoms with Gasteiger partial charge in [0.2, 0.25) is 0 Å². The molecule has 2 rings (SSSR count). The molecule has 17 heavy (non-hydrogen) atoms. The molecular formula is C11H18ClN3O2. The van der Waals surface area contributed by atoms with Crippen LogP contribution in [0.5, 0.6) is 0 Å². The number of carbonyl (C=O) groups is 1. The Bertz CT molecular complexity index is 354. The Labute approximate surface area is 107 Å². The summed E-state index contributed by atoms with van der Waals surface area (Å²) in [5.74, 6) is -0.0734. The first-order valence-corrected chi connectivity index (χ1v) is 5.67. The fourth-order valence-electron chi connectivity index (χ4n) is 2.23. The fraction of sp³-hybridized carbons (Fsp3) is 0.636. The van der Waals surface area contributed by atoms with Crippen molar-refractivity contribution in [1.29, 1.82) is 0 Å². The third-order valence-corrected chi connectivity index (χ3v) is 3.07. The van der Waals surface area contributed by atoms with E-state index >= 15 is 0 Å². The lowest BCUT2D eigenvalue weighted by Gasteiger charge is -2.37. The maximum atomic E-state index is 12.1. The molecule has 5 nitrogen and oxygen atoms in total. The summed E-state index contributed by atoms with van der Waals surface area (Å²) in [7, 11) is 0. The van der Waals surface area contributed by atoms with Crippen LogP contribution in [0.1, 0.15) is 36.7 Å². The number of hydrogen-bond acceptors (Lipinski definition) is 4. The number of piperidine rings is 1. The Balaban J connectivity index is 0.00000144. The van der Waals surface area contributed by atoms with Crippen molar-refractivity contribution in [2.45, 2.75) is 38.3 Å². The predicted molar refractivity (Wildman–Crippen MR) is 66.1 cm³/mol. The molecule has 0 saturated carbocycles. The Morgan fingerprint density at radius 3 is 3.00 bits per heavy atom. The fourth-order valence-corrected chi connectivity index (χ4v) is 2.23. The summed E-state index contributed by atoms with van der Waals surface area (Å²) in [6.45, 7) is 2.71. The number of rotatable bonds is 2. The van der Waals surface area contributed by atoms with Crippen molar-refractivity contribution in [3.63, 3.8) is 0 Å². The molecule has 0 aliphatic carbocycles. The first-order valence-electron chi connectivity index (χ1n) is 5.67. The van der Waals surface area contributed by atoms with Gasteiger partial charge in [-0.15, -0.1) is 12.4 Å².